The highest BCUT2D eigenvalue weighted by molar-refractivity contribution is 7.98. The minimum Gasteiger partial charge on any atom is -0.399 e. The summed E-state index contributed by atoms with van der Waals surface area (Å²) in [7, 11) is 0. The van der Waals surface area contributed by atoms with Gasteiger partial charge in [0.25, 0.3) is 0 Å². The van der Waals surface area contributed by atoms with Crippen LogP contribution in [0, 0.1) is 0 Å². The minimum absolute atomic E-state index is 0.168. The summed E-state index contributed by atoms with van der Waals surface area (Å²) in [5, 5.41) is 0. The van der Waals surface area contributed by atoms with Crippen LogP contribution in [-0.4, -0.2) is 12.0 Å². The second-order valence-corrected chi connectivity index (χ2v) is 3.80. The van der Waals surface area contributed by atoms with E-state index in [0.717, 1.165) is 10.5 Å². The second kappa shape index (κ2) is 4.33. The van der Waals surface area contributed by atoms with Gasteiger partial charge in [0, 0.05) is 17.0 Å². The van der Waals surface area contributed by atoms with Crippen molar-refractivity contribution in [2.45, 2.75) is 18.2 Å². The highest BCUT2D eigenvalue weighted by Gasteiger charge is 2.04. The average Bonchev–Trinajstić information content (AvgIpc) is 2.03. The molecule has 1 aromatic rings. The van der Waals surface area contributed by atoms with Gasteiger partial charge in [-0.05, 0) is 36.9 Å². The molecule has 0 bridgehead atoms. The van der Waals surface area contributed by atoms with Gasteiger partial charge in [-0.3, -0.25) is 4.79 Å². The second-order valence-electron chi connectivity index (χ2n) is 2.95. The predicted molar refractivity (Wildman–Crippen MR) is 57.0 cm³/mol. The summed E-state index contributed by atoms with van der Waals surface area (Å²) in [4.78, 5) is 12.1. The lowest BCUT2D eigenvalue weighted by molar-refractivity contribution is -0.116. The summed E-state index contributed by atoms with van der Waals surface area (Å²) in [6.45, 7) is 1.59. The van der Waals surface area contributed by atoms with Crippen LogP contribution in [0.2, 0.25) is 0 Å². The van der Waals surface area contributed by atoms with E-state index in [4.69, 9.17) is 5.73 Å². The minimum atomic E-state index is 0.168. The highest BCUT2D eigenvalue weighted by Crippen LogP contribution is 2.23. The lowest BCUT2D eigenvalue weighted by atomic mass is 10.1. The van der Waals surface area contributed by atoms with Crippen molar-refractivity contribution in [2.24, 2.45) is 0 Å². The van der Waals surface area contributed by atoms with E-state index in [0.29, 0.717) is 12.1 Å². The third kappa shape index (κ3) is 2.77. The Morgan fingerprint density at radius 3 is 2.77 bits per heavy atom. The molecule has 0 aromatic heterocycles. The van der Waals surface area contributed by atoms with Crippen LogP contribution in [0.25, 0.3) is 0 Å². The number of nitrogens with two attached hydrogens (primary N) is 1. The molecule has 70 valence electrons. The van der Waals surface area contributed by atoms with Gasteiger partial charge in [-0.2, -0.15) is 0 Å². The van der Waals surface area contributed by atoms with Crippen molar-refractivity contribution in [3.63, 3.8) is 0 Å². The molecule has 0 aliphatic heterocycles. The quantitative estimate of drug-likeness (QED) is 0.593. The zero-order chi connectivity index (χ0) is 9.84. The fourth-order valence-corrected chi connectivity index (χ4v) is 1.80. The first-order valence-corrected chi connectivity index (χ1v) is 5.28. The van der Waals surface area contributed by atoms with Gasteiger partial charge in [0.1, 0.15) is 5.78 Å². The van der Waals surface area contributed by atoms with Crippen molar-refractivity contribution in [2.75, 3.05) is 12.0 Å². The van der Waals surface area contributed by atoms with E-state index < -0.39 is 0 Å². The van der Waals surface area contributed by atoms with Crippen LogP contribution in [0.15, 0.2) is 23.1 Å². The number of thioether (sulfide) groups is 1. The van der Waals surface area contributed by atoms with Crippen LogP contribution >= 0.6 is 11.8 Å². The Bertz CT molecular complexity index is 323. The molecule has 0 fully saturated rings. The van der Waals surface area contributed by atoms with Crippen LogP contribution in [0.3, 0.4) is 0 Å². The number of ketones is 1. The van der Waals surface area contributed by atoms with Crippen molar-refractivity contribution in [1.29, 1.82) is 0 Å². The van der Waals surface area contributed by atoms with E-state index in [1.807, 2.05) is 24.5 Å². The van der Waals surface area contributed by atoms with E-state index >= 15 is 0 Å². The Labute approximate surface area is 82.5 Å². The van der Waals surface area contributed by atoms with Crippen LogP contribution in [0.1, 0.15) is 12.5 Å². The fraction of sp³-hybridized carbons (Fsp3) is 0.300. The average molecular weight is 195 g/mol. The summed E-state index contributed by atoms with van der Waals surface area (Å²) in [5.74, 6) is 0.168. The topological polar surface area (TPSA) is 43.1 Å². The van der Waals surface area contributed by atoms with Gasteiger partial charge in [0.05, 0.1) is 0 Å². The molecule has 0 unspecified atom stereocenters. The van der Waals surface area contributed by atoms with Gasteiger partial charge in [-0.25, -0.2) is 0 Å². The van der Waals surface area contributed by atoms with Crippen molar-refractivity contribution in [3.8, 4) is 0 Å². The van der Waals surface area contributed by atoms with Crippen LogP contribution in [-0.2, 0) is 11.2 Å². The van der Waals surface area contributed by atoms with Crippen molar-refractivity contribution in [1.82, 2.24) is 0 Å². The third-order valence-electron chi connectivity index (χ3n) is 1.74. The van der Waals surface area contributed by atoms with Crippen molar-refractivity contribution >= 4 is 23.2 Å². The number of benzene rings is 1. The van der Waals surface area contributed by atoms with Crippen LogP contribution in [0.5, 0.6) is 0 Å². The first-order valence-electron chi connectivity index (χ1n) is 4.05. The van der Waals surface area contributed by atoms with E-state index in [1.165, 1.54) is 0 Å². The molecule has 2 N–H and O–H groups in total. The zero-order valence-electron chi connectivity index (χ0n) is 7.83. The molecule has 2 nitrogen and oxygen atoms in total. The molecule has 13 heavy (non-hydrogen) atoms. The summed E-state index contributed by atoms with van der Waals surface area (Å²) < 4.78 is 0. The van der Waals surface area contributed by atoms with Gasteiger partial charge in [-0.15, -0.1) is 11.8 Å². The lowest BCUT2D eigenvalue weighted by Crippen LogP contribution is -1.99. The summed E-state index contributed by atoms with van der Waals surface area (Å²) >= 11 is 1.64. The third-order valence-corrected chi connectivity index (χ3v) is 2.58. The largest absolute Gasteiger partial charge is 0.399 e. The lowest BCUT2D eigenvalue weighted by Gasteiger charge is -2.05. The molecule has 0 heterocycles. The van der Waals surface area contributed by atoms with Crippen molar-refractivity contribution < 1.29 is 4.79 Å². The van der Waals surface area contributed by atoms with E-state index in [9.17, 15) is 4.79 Å². The predicted octanol–water partition coefficient (Wildman–Crippen LogP) is 2.12. The molecule has 0 saturated heterocycles. The number of nitrogen functional groups attached to an aromatic ring is 1. The molecule has 1 rings (SSSR count). The van der Waals surface area contributed by atoms with Crippen LogP contribution < -0.4 is 5.73 Å². The Morgan fingerprint density at radius 2 is 2.23 bits per heavy atom. The van der Waals surface area contributed by atoms with E-state index in [1.54, 1.807) is 18.7 Å². The van der Waals surface area contributed by atoms with Crippen molar-refractivity contribution in [3.05, 3.63) is 23.8 Å². The Balaban J connectivity index is 3.01. The number of carbonyl (C=O) groups is 1. The number of rotatable bonds is 3. The normalized spacial score (nSPS) is 10.0. The molecular weight excluding hydrogens is 182 g/mol. The number of Topliss-reactive ketones (excluding diaryl/α,β-unsaturated/α-hetero) is 1. The number of hydrogen-bond donors (Lipinski definition) is 1. The molecule has 0 radical (unpaired) electrons. The number of hydrogen-bond acceptors (Lipinski definition) is 3. The Hall–Kier alpha value is -0.960. The molecule has 0 saturated carbocycles. The van der Waals surface area contributed by atoms with E-state index in [2.05, 4.69) is 0 Å². The summed E-state index contributed by atoms with van der Waals surface area (Å²) in [6, 6.07) is 5.68. The molecule has 0 aliphatic rings. The molecule has 1 aromatic carbocycles. The molecule has 3 heteroatoms. The Morgan fingerprint density at radius 1 is 1.54 bits per heavy atom. The molecule has 0 atom stereocenters. The maximum atomic E-state index is 10.9. The van der Waals surface area contributed by atoms with Gasteiger partial charge in [-0.1, -0.05) is 0 Å². The van der Waals surface area contributed by atoms with Gasteiger partial charge < -0.3 is 5.73 Å². The first kappa shape index (κ1) is 10.1. The first-order chi connectivity index (χ1) is 6.13. The maximum Gasteiger partial charge on any atom is 0.134 e. The highest BCUT2D eigenvalue weighted by atomic mass is 32.2. The SMILES string of the molecule is CSc1ccc(N)cc1CC(C)=O. The molecule has 0 spiro atoms. The van der Waals surface area contributed by atoms with Gasteiger partial charge in [0.2, 0.25) is 0 Å². The molecular formula is C10H13NOS. The summed E-state index contributed by atoms with van der Waals surface area (Å²) in [6.07, 6.45) is 2.47. The fourth-order valence-electron chi connectivity index (χ4n) is 1.20. The molecule has 0 amide bonds. The molecule has 0 aliphatic carbocycles. The van der Waals surface area contributed by atoms with Gasteiger partial charge >= 0.3 is 0 Å². The number of anilines is 1. The van der Waals surface area contributed by atoms with Crippen LogP contribution in [0.4, 0.5) is 5.69 Å². The Kier molecular flexibility index (Phi) is 3.37. The van der Waals surface area contributed by atoms with Gasteiger partial charge in [0.15, 0.2) is 0 Å². The number of carbonyl (C=O) groups excluding carboxylic acids is 1. The monoisotopic (exact) mass is 195 g/mol. The zero-order valence-corrected chi connectivity index (χ0v) is 8.65. The van der Waals surface area contributed by atoms with E-state index in [-0.39, 0.29) is 5.78 Å². The standard InChI is InChI=1S/C10H13NOS/c1-7(12)5-8-6-9(11)3-4-10(8)13-2/h3-4,6H,5,11H2,1-2H3. The smallest absolute Gasteiger partial charge is 0.134 e. The summed E-state index contributed by atoms with van der Waals surface area (Å²) in [5.41, 5.74) is 7.38. The maximum absolute atomic E-state index is 10.9.